The van der Waals surface area contributed by atoms with Crippen molar-refractivity contribution in [2.24, 2.45) is 0 Å². The van der Waals surface area contributed by atoms with Crippen LogP contribution in [-0.2, 0) is 4.79 Å². The van der Waals surface area contributed by atoms with Crippen molar-refractivity contribution in [1.29, 1.82) is 0 Å². The SMILES string of the molecule is COc1ccc(-c2cnc(Nc3cccc(C(=O)N4CCN(CC(=O)N5CCCC5)CC4)c3)nc2)cc1. The molecule has 3 aromatic rings. The number of ether oxygens (including phenoxy) is 1. The summed E-state index contributed by atoms with van der Waals surface area (Å²) in [6.07, 6.45) is 5.73. The van der Waals surface area contributed by atoms with Crippen molar-refractivity contribution in [3.8, 4) is 16.9 Å². The van der Waals surface area contributed by atoms with Gasteiger partial charge in [0.15, 0.2) is 0 Å². The molecule has 9 heteroatoms. The minimum Gasteiger partial charge on any atom is -0.497 e. The highest BCUT2D eigenvalue weighted by Crippen LogP contribution is 2.23. The molecule has 2 aliphatic heterocycles. The van der Waals surface area contributed by atoms with Crippen LogP contribution in [0.3, 0.4) is 0 Å². The standard InChI is InChI=1S/C28H32N6O3/c1-37-25-9-7-21(8-10-25)23-18-29-28(30-19-23)31-24-6-4-5-22(17-24)27(36)34-15-13-32(14-16-34)20-26(35)33-11-2-3-12-33/h4-10,17-19H,2-3,11-16,20H2,1H3,(H,29,30,31). The molecule has 2 amide bonds. The lowest BCUT2D eigenvalue weighted by Gasteiger charge is -2.35. The Labute approximate surface area is 217 Å². The molecule has 0 atom stereocenters. The minimum absolute atomic E-state index is 0.00931. The molecule has 2 aromatic carbocycles. The number of nitrogens with zero attached hydrogens (tertiary/aromatic N) is 5. The lowest BCUT2D eigenvalue weighted by molar-refractivity contribution is -0.131. The molecule has 1 N–H and O–H groups in total. The Bertz CT molecular complexity index is 1220. The maximum absolute atomic E-state index is 13.2. The first-order valence-corrected chi connectivity index (χ1v) is 12.7. The quantitative estimate of drug-likeness (QED) is 0.532. The highest BCUT2D eigenvalue weighted by atomic mass is 16.5. The Balaban J connectivity index is 1.16. The number of hydrogen-bond donors (Lipinski definition) is 1. The van der Waals surface area contributed by atoms with Crippen molar-refractivity contribution in [1.82, 2.24) is 24.7 Å². The number of carbonyl (C=O) groups excluding carboxylic acids is 2. The fourth-order valence-corrected chi connectivity index (χ4v) is 4.73. The molecule has 0 radical (unpaired) electrons. The van der Waals surface area contributed by atoms with E-state index in [1.54, 1.807) is 19.5 Å². The van der Waals surface area contributed by atoms with Gasteiger partial charge in [0.1, 0.15) is 5.75 Å². The fraction of sp³-hybridized carbons (Fsp3) is 0.357. The molecule has 9 nitrogen and oxygen atoms in total. The summed E-state index contributed by atoms with van der Waals surface area (Å²) < 4.78 is 5.21. The van der Waals surface area contributed by atoms with Crippen LogP contribution in [0.2, 0.25) is 0 Å². The number of hydrogen-bond acceptors (Lipinski definition) is 7. The van der Waals surface area contributed by atoms with Crippen molar-refractivity contribution < 1.29 is 14.3 Å². The average Bonchev–Trinajstić information content (AvgIpc) is 3.49. The summed E-state index contributed by atoms with van der Waals surface area (Å²) in [5, 5.41) is 3.19. The van der Waals surface area contributed by atoms with Gasteiger partial charge in [-0.25, -0.2) is 9.97 Å². The maximum atomic E-state index is 13.2. The van der Waals surface area contributed by atoms with Crippen LogP contribution >= 0.6 is 0 Å². The maximum Gasteiger partial charge on any atom is 0.254 e. The second kappa shape index (κ2) is 11.4. The second-order valence-electron chi connectivity index (χ2n) is 9.39. The van der Waals surface area contributed by atoms with Gasteiger partial charge in [-0.05, 0) is 48.7 Å². The average molecular weight is 501 g/mol. The van der Waals surface area contributed by atoms with Crippen molar-refractivity contribution in [3.05, 3.63) is 66.5 Å². The van der Waals surface area contributed by atoms with E-state index in [2.05, 4.69) is 20.2 Å². The largest absolute Gasteiger partial charge is 0.497 e. The summed E-state index contributed by atoms with van der Waals surface area (Å²) in [7, 11) is 1.64. The highest BCUT2D eigenvalue weighted by molar-refractivity contribution is 5.95. The van der Waals surface area contributed by atoms with E-state index in [1.807, 2.05) is 58.3 Å². The van der Waals surface area contributed by atoms with E-state index in [0.717, 1.165) is 48.5 Å². The number of benzene rings is 2. The number of rotatable bonds is 7. The molecule has 2 fully saturated rings. The molecule has 0 bridgehead atoms. The molecular weight excluding hydrogens is 468 g/mol. The summed E-state index contributed by atoms with van der Waals surface area (Å²) >= 11 is 0. The van der Waals surface area contributed by atoms with Gasteiger partial charge in [-0.15, -0.1) is 0 Å². The smallest absolute Gasteiger partial charge is 0.254 e. The molecule has 2 saturated heterocycles. The highest BCUT2D eigenvalue weighted by Gasteiger charge is 2.26. The van der Waals surface area contributed by atoms with E-state index in [1.165, 1.54) is 0 Å². The van der Waals surface area contributed by atoms with Crippen molar-refractivity contribution in [3.63, 3.8) is 0 Å². The summed E-state index contributed by atoms with van der Waals surface area (Å²) in [6, 6.07) is 15.1. The summed E-state index contributed by atoms with van der Waals surface area (Å²) in [6.45, 7) is 4.83. The third-order valence-electron chi connectivity index (χ3n) is 6.92. The van der Waals surface area contributed by atoms with Crippen molar-refractivity contribution >= 4 is 23.5 Å². The van der Waals surface area contributed by atoms with Crippen molar-refractivity contribution in [2.45, 2.75) is 12.8 Å². The molecule has 1 aromatic heterocycles. The van der Waals surface area contributed by atoms with Crippen LogP contribution in [0.5, 0.6) is 5.75 Å². The Morgan fingerprint density at radius 1 is 0.865 bits per heavy atom. The van der Waals surface area contributed by atoms with Crippen molar-refractivity contribution in [2.75, 3.05) is 58.2 Å². The van der Waals surface area contributed by atoms with Crippen LogP contribution in [0.25, 0.3) is 11.1 Å². The van der Waals surface area contributed by atoms with Gasteiger partial charge in [0.2, 0.25) is 11.9 Å². The monoisotopic (exact) mass is 500 g/mol. The van der Waals surface area contributed by atoms with Gasteiger partial charge in [-0.1, -0.05) is 18.2 Å². The first-order chi connectivity index (χ1) is 18.1. The Morgan fingerprint density at radius 3 is 2.24 bits per heavy atom. The van der Waals surface area contributed by atoms with E-state index in [0.29, 0.717) is 44.2 Å². The topological polar surface area (TPSA) is 90.9 Å². The minimum atomic E-state index is -0.00931. The zero-order valence-electron chi connectivity index (χ0n) is 21.1. The number of piperazine rings is 1. The van der Waals surface area contributed by atoms with Crippen LogP contribution < -0.4 is 10.1 Å². The summed E-state index contributed by atoms with van der Waals surface area (Å²) in [5.41, 5.74) is 3.26. The first kappa shape index (κ1) is 24.7. The lowest BCUT2D eigenvalue weighted by Crippen LogP contribution is -2.51. The first-order valence-electron chi connectivity index (χ1n) is 12.7. The van der Waals surface area contributed by atoms with Gasteiger partial charge >= 0.3 is 0 Å². The number of aromatic nitrogens is 2. The third kappa shape index (κ3) is 6.06. The van der Waals surface area contributed by atoms with Crippen LogP contribution in [0.4, 0.5) is 11.6 Å². The number of carbonyl (C=O) groups is 2. The normalized spacial score (nSPS) is 16.0. The molecule has 0 saturated carbocycles. The van der Waals surface area contributed by atoms with Crippen LogP contribution in [0.15, 0.2) is 60.9 Å². The van der Waals surface area contributed by atoms with Gasteiger partial charge in [-0.2, -0.15) is 0 Å². The molecule has 0 unspecified atom stereocenters. The van der Waals surface area contributed by atoms with Crippen LogP contribution in [0.1, 0.15) is 23.2 Å². The summed E-state index contributed by atoms with van der Waals surface area (Å²) in [5.74, 6) is 1.45. The lowest BCUT2D eigenvalue weighted by atomic mass is 10.1. The molecule has 5 rings (SSSR count). The van der Waals surface area contributed by atoms with Gasteiger partial charge in [0, 0.05) is 68.5 Å². The van der Waals surface area contributed by atoms with Gasteiger partial charge in [0.25, 0.3) is 5.91 Å². The second-order valence-corrected chi connectivity index (χ2v) is 9.39. The Morgan fingerprint density at radius 2 is 1.57 bits per heavy atom. The molecule has 0 aliphatic carbocycles. The van der Waals surface area contributed by atoms with E-state index in [4.69, 9.17) is 4.74 Å². The van der Waals surface area contributed by atoms with E-state index in [9.17, 15) is 9.59 Å². The number of methoxy groups -OCH3 is 1. The van der Waals surface area contributed by atoms with Gasteiger partial charge in [-0.3, -0.25) is 14.5 Å². The predicted molar refractivity (Wildman–Crippen MR) is 142 cm³/mol. The Kier molecular flexibility index (Phi) is 7.60. The zero-order chi connectivity index (χ0) is 25.6. The van der Waals surface area contributed by atoms with Gasteiger partial charge < -0.3 is 19.9 Å². The van der Waals surface area contributed by atoms with Crippen LogP contribution in [-0.4, -0.2) is 89.4 Å². The zero-order valence-corrected chi connectivity index (χ0v) is 21.1. The molecule has 0 spiro atoms. The number of anilines is 2. The molecule has 37 heavy (non-hydrogen) atoms. The van der Waals surface area contributed by atoms with E-state index < -0.39 is 0 Å². The molecule has 2 aliphatic rings. The number of nitrogens with one attached hydrogen (secondary N) is 1. The van der Waals surface area contributed by atoms with Gasteiger partial charge in [0.05, 0.1) is 13.7 Å². The predicted octanol–water partition coefficient (Wildman–Crippen LogP) is 3.28. The third-order valence-corrected chi connectivity index (χ3v) is 6.92. The number of amides is 2. The Hall–Kier alpha value is -3.98. The fourth-order valence-electron chi connectivity index (χ4n) is 4.73. The number of likely N-dealkylation sites (tertiary alicyclic amines) is 1. The van der Waals surface area contributed by atoms with E-state index in [-0.39, 0.29) is 11.8 Å². The van der Waals surface area contributed by atoms with Crippen LogP contribution in [0, 0.1) is 0 Å². The molecule has 3 heterocycles. The molecular formula is C28H32N6O3. The molecule has 192 valence electrons. The van der Waals surface area contributed by atoms with E-state index >= 15 is 0 Å². The summed E-state index contributed by atoms with van der Waals surface area (Å²) in [4.78, 5) is 40.4.